The first-order valence-electron chi connectivity index (χ1n) is 5.27. The summed E-state index contributed by atoms with van der Waals surface area (Å²) in [5.74, 6) is -0.0949. The standard InChI is InChI=1S/C11H18N4O/c1-15(2)11(16)10-8-9(4-7-14-10)13-6-3-5-12/h4,7-8H,3,5-6,12H2,1-2H3,(H,13,14). The molecule has 0 saturated heterocycles. The zero-order valence-electron chi connectivity index (χ0n) is 9.73. The van der Waals surface area contributed by atoms with Crippen molar-refractivity contribution in [1.82, 2.24) is 9.88 Å². The Bertz CT molecular complexity index is 352. The summed E-state index contributed by atoms with van der Waals surface area (Å²) in [5.41, 5.74) is 6.74. The summed E-state index contributed by atoms with van der Waals surface area (Å²) in [5, 5.41) is 3.19. The summed E-state index contributed by atoms with van der Waals surface area (Å²) in [7, 11) is 3.41. The number of rotatable bonds is 5. The van der Waals surface area contributed by atoms with Crippen molar-refractivity contribution in [2.75, 3.05) is 32.5 Å². The van der Waals surface area contributed by atoms with Crippen LogP contribution in [0.3, 0.4) is 0 Å². The van der Waals surface area contributed by atoms with Crippen LogP contribution < -0.4 is 11.1 Å². The fourth-order valence-electron chi connectivity index (χ4n) is 1.22. The molecule has 1 amide bonds. The number of aromatic nitrogens is 1. The van der Waals surface area contributed by atoms with E-state index in [4.69, 9.17) is 5.73 Å². The van der Waals surface area contributed by atoms with Gasteiger partial charge in [-0.05, 0) is 25.1 Å². The molecule has 0 radical (unpaired) electrons. The quantitative estimate of drug-likeness (QED) is 0.713. The Balaban J connectivity index is 2.67. The van der Waals surface area contributed by atoms with Gasteiger partial charge in [0.1, 0.15) is 5.69 Å². The van der Waals surface area contributed by atoms with Crippen LogP contribution in [0.4, 0.5) is 5.69 Å². The number of hydrogen-bond acceptors (Lipinski definition) is 4. The lowest BCUT2D eigenvalue weighted by molar-refractivity contribution is 0.0822. The highest BCUT2D eigenvalue weighted by atomic mass is 16.2. The third-order valence-electron chi connectivity index (χ3n) is 2.10. The van der Waals surface area contributed by atoms with Crippen LogP contribution >= 0.6 is 0 Å². The van der Waals surface area contributed by atoms with Gasteiger partial charge in [0.15, 0.2) is 0 Å². The highest BCUT2D eigenvalue weighted by Gasteiger charge is 2.09. The van der Waals surface area contributed by atoms with Crippen LogP contribution in [0.25, 0.3) is 0 Å². The molecule has 1 heterocycles. The van der Waals surface area contributed by atoms with Crippen molar-refractivity contribution in [3.8, 4) is 0 Å². The van der Waals surface area contributed by atoms with E-state index >= 15 is 0 Å². The number of nitrogens with two attached hydrogens (primary N) is 1. The minimum atomic E-state index is -0.0949. The molecule has 0 aliphatic heterocycles. The average molecular weight is 222 g/mol. The van der Waals surface area contributed by atoms with E-state index in [2.05, 4.69) is 10.3 Å². The van der Waals surface area contributed by atoms with Gasteiger partial charge < -0.3 is 16.0 Å². The summed E-state index contributed by atoms with van der Waals surface area (Å²) in [6, 6.07) is 3.59. The van der Waals surface area contributed by atoms with E-state index in [9.17, 15) is 4.79 Å². The topological polar surface area (TPSA) is 71.2 Å². The molecule has 0 aliphatic carbocycles. The first-order valence-corrected chi connectivity index (χ1v) is 5.27. The number of anilines is 1. The van der Waals surface area contributed by atoms with E-state index in [1.165, 1.54) is 4.90 Å². The number of amides is 1. The average Bonchev–Trinajstić information content (AvgIpc) is 2.29. The van der Waals surface area contributed by atoms with Crippen LogP contribution in [0.15, 0.2) is 18.3 Å². The Morgan fingerprint density at radius 3 is 2.94 bits per heavy atom. The maximum Gasteiger partial charge on any atom is 0.272 e. The van der Waals surface area contributed by atoms with Gasteiger partial charge in [-0.3, -0.25) is 9.78 Å². The molecule has 88 valence electrons. The molecular weight excluding hydrogens is 204 g/mol. The lowest BCUT2D eigenvalue weighted by Gasteiger charge is -2.11. The zero-order chi connectivity index (χ0) is 12.0. The van der Waals surface area contributed by atoms with E-state index in [1.807, 2.05) is 6.07 Å². The summed E-state index contributed by atoms with van der Waals surface area (Å²) in [6.45, 7) is 1.46. The third-order valence-corrected chi connectivity index (χ3v) is 2.10. The monoisotopic (exact) mass is 222 g/mol. The van der Waals surface area contributed by atoms with Crippen LogP contribution in [-0.2, 0) is 0 Å². The molecule has 0 aromatic carbocycles. The Labute approximate surface area is 95.7 Å². The van der Waals surface area contributed by atoms with E-state index in [1.54, 1.807) is 26.4 Å². The van der Waals surface area contributed by atoms with Crippen molar-refractivity contribution in [1.29, 1.82) is 0 Å². The van der Waals surface area contributed by atoms with Gasteiger partial charge in [-0.1, -0.05) is 0 Å². The van der Waals surface area contributed by atoms with Gasteiger partial charge in [0.05, 0.1) is 0 Å². The largest absolute Gasteiger partial charge is 0.385 e. The predicted octanol–water partition coefficient (Wildman–Crippen LogP) is 0.544. The van der Waals surface area contributed by atoms with Gasteiger partial charge in [-0.2, -0.15) is 0 Å². The summed E-state index contributed by atoms with van der Waals surface area (Å²) < 4.78 is 0. The minimum Gasteiger partial charge on any atom is -0.385 e. The number of pyridine rings is 1. The molecule has 0 spiro atoms. The van der Waals surface area contributed by atoms with Crippen molar-refractivity contribution in [2.24, 2.45) is 5.73 Å². The number of hydrogen-bond donors (Lipinski definition) is 2. The normalized spacial score (nSPS) is 9.94. The highest BCUT2D eigenvalue weighted by Crippen LogP contribution is 2.08. The molecule has 1 aromatic heterocycles. The smallest absolute Gasteiger partial charge is 0.272 e. The Morgan fingerprint density at radius 1 is 1.56 bits per heavy atom. The van der Waals surface area contributed by atoms with Gasteiger partial charge in [0, 0.05) is 32.5 Å². The summed E-state index contributed by atoms with van der Waals surface area (Å²) in [4.78, 5) is 17.2. The molecule has 1 aromatic rings. The zero-order valence-corrected chi connectivity index (χ0v) is 9.73. The molecule has 3 N–H and O–H groups in total. The molecule has 0 unspecified atom stereocenters. The molecule has 16 heavy (non-hydrogen) atoms. The molecule has 5 nitrogen and oxygen atoms in total. The second-order valence-electron chi connectivity index (χ2n) is 3.70. The van der Waals surface area contributed by atoms with Crippen molar-refractivity contribution < 1.29 is 4.79 Å². The highest BCUT2D eigenvalue weighted by molar-refractivity contribution is 5.92. The molecule has 0 fully saturated rings. The molecule has 5 heteroatoms. The van der Waals surface area contributed by atoms with Crippen LogP contribution in [0.1, 0.15) is 16.9 Å². The first-order chi connectivity index (χ1) is 7.65. The van der Waals surface area contributed by atoms with Gasteiger partial charge in [0.25, 0.3) is 5.91 Å². The molecule has 1 rings (SSSR count). The van der Waals surface area contributed by atoms with Crippen molar-refractivity contribution in [3.63, 3.8) is 0 Å². The summed E-state index contributed by atoms with van der Waals surface area (Å²) in [6.07, 6.45) is 2.53. The number of carbonyl (C=O) groups is 1. The van der Waals surface area contributed by atoms with Crippen molar-refractivity contribution >= 4 is 11.6 Å². The Kier molecular flexibility index (Phi) is 4.72. The number of carbonyl (C=O) groups excluding carboxylic acids is 1. The second kappa shape index (κ2) is 6.07. The van der Waals surface area contributed by atoms with Crippen LogP contribution in [0.2, 0.25) is 0 Å². The Morgan fingerprint density at radius 2 is 2.31 bits per heavy atom. The number of nitrogens with one attached hydrogen (secondary N) is 1. The van der Waals surface area contributed by atoms with Crippen molar-refractivity contribution in [3.05, 3.63) is 24.0 Å². The molecule has 0 aliphatic rings. The summed E-state index contributed by atoms with van der Waals surface area (Å²) >= 11 is 0. The minimum absolute atomic E-state index is 0.0949. The molecule has 0 bridgehead atoms. The van der Waals surface area contributed by atoms with Gasteiger partial charge in [0.2, 0.25) is 0 Å². The van der Waals surface area contributed by atoms with Crippen LogP contribution in [0.5, 0.6) is 0 Å². The fourth-order valence-corrected chi connectivity index (χ4v) is 1.22. The van der Waals surface area contributed by atoms with Crippen LogP contribution in [0, 0.1) is 0 Å². The third kappa shape index (κ3) is 3.51. The molecule has 0 atom stereocenters. The van der Waals surface area contributed by atoms with Gasteiger partial charge in [-0.25, -0.2) is 0 Å². The first kappa shape index (κ1) is 12.4. The van der Waals surface area contributed by atoms with Gasteiger partial charge >= 0.3 is 0 Å². The maximum absolute atomic E-state index is 11.6. The van der Waals surface area contributed by atoms with E-state index < -0.39 is 0 Å². The fraction of sp³-hybridized carbons (Fsp3) is 0.455. The molecule has 0 saturated carbocycles. The Hall–Kier alpha value is -1.62. The predicted molar refractivity (Wildman–Crippen MR) is 64.4 cm³/mol. The van der Waals surface area contributed by atoms with E-state index in [-0.39, 0.29) is 5.91 Å². The van der Waals surface area contributed by atoms with E-state index in [0.29, 0.717) is 12.2 Å². The number of nitrogens with zero attached hydrogens (tertiary/aromatic N) is 2. The van der Waals surface area contributed by atoms with E-state index in [0.717, 1.165) is 18.7 Å². The molecular formula is C11H18N4O. The lowest BCUT2D eigenvalue weighted by atomic mass is 10.3. The lowest BCUT2D eigenvalue weighted by Crippen LogP contribution is -2.22. The van der Waals surface area contributed by atoms with Gasteiger partial charge in [-0.15, -0.1) is 0 Å². The van der Waals surface area contributed by atoms with Crippen LogP contribution in [-0.4, -0.2) is 43.0 Å². The van der Waals surface area contributed by atoms with Crippen molar-refractivity contribution in [2.45, 2.75) is 6.42 Å². The SMILES string of the molecule is CN(C)C(=O)c1cc(NCCCN)ccn1. The maximum atomic E-state index is 11.6. The second-order valence-corrected chi connectivity index (χ2v) is 3.70.